The summed E-state index contributed by atoms with van der Waals surface area (Å²) in [6, 6.07) is 4.65. The molecule has 2 aromatic rings. The normalized spacial score (nSPS) is 10.3. The standard InChI is InChI=1S/C9H9N3O2/c10-6-4-11-12-8(6)5-2-1-3-7(13)9(5)14/h1-4,13-14H,10H2,(H,11,12). The van der Waals surface area contributed by atoms with Gasteiger partial charge in [-0.15, -0.1) is 0 Å². The Labute approximate surface area is 79.8 Å². The molecule has 0 saturated heterocycles. The predicted molar refractivity (Wildman–Crippen MR) is 51.8 cm³/mol. The lowest BCUT2D eigenvalue weighted by Gasteiger charge is -2.04. The van der Waals surface area contributed by atoms with E-state index in [0.717, 1.165) is 0 Å². The second-order valence-corrected chi connectivity index (χ2v) is 2.87. The molecular weight excluding hydrogens is 182 g/mol. The van der Waals surface area contributed by atoms with Gasteiger partial charge in [0.25, 0.3) is 0 Å². The molecule has 0 aliphatic heterocycles. The molecule has 0 fully saturated rings. The van der Waals surface area contributed by atoms with Crippen LogP contribution in [0.15, 0.2) is 24.4 Å². The number of aromatic hydroxyl groups is 2. The van der Waals surface area contributed by atoms with Crippen molar-refractivity contribution in [3.63, 3.8) is 0 Å². The van der Waals surface area contributed by atoms with Crippen molar-refractivity contribution in [2.75, 3.05) is 5.73 Å². The Morgan fingerprint density at radius 1 is 1.29 bits per heavy atom. The zero-order valence-electron chi connectivity index (χ0n) is 7.23. The molecule has 1 aromatic heterocycles. The van der Waals surface area contributed by atoms with E-state index in [1.165, 1.54) is 12.3 Å². The third-order valence-electron chi connectivity index (χ3n) is 1.95. The highest BCUT2D eigenvalue weighted by atomic mass is 16.3. The van der Waals surface area contributed by atoms with Crippen LogP contribution in [0.5, 0.6) is 11.5 Å². The first-order valence-corrected chi connectivity index (χ1v) is 4.00. The molecule has 0 unspecified atom stereocenters. The highest BCUT2D eigenvalue weighted by molar-refractivity contribution is 5.78. The number of hydrogen-bond acceptors (Lipinski definition) is 4. The van der Waals surface area contributed by atoms with Gasteiger partial charge in [0, 0.05) is 5.56 Å². The third kappa shape index (κ3) is 1.15. The molecule has 0 atom stereocenters. The van der Waals surface area contributed by atoms with Crippen molar-refractivity contribution >= 4 is 5.69 Å². The highest BCUT2D eigenvalue weighted by Gasteiger charge is 2.11. The van der Waals surface area contributed by atoms with Crippen molar-refractivity contribution < 1.29 is 10.2 Å². The number of rotatable bonds is 1. The molecule has 0 saturated carbocycles. The molecular formula is C9H9N3O2. The van der Waals surface area contributed by atoms with Crippen LogP contribution < -0.4 is 5.73 Å². The van der Waals surface area contributed by atoms with E-state index < -0.39 is 0 Å². The van der Waals surface area contributed by atoms with E-state index in [2.05, 4.69) is 10.2 Å². The fraction of sp³-hybridized carbons (Fsp3) is 0. The summed E-state index contributed by atoms with van der Waals surface area (Å²) in [7, 11) is 0. The molecule has 5 N–H and O–H groups in total. The van der Waals surface area contributed by atoms with Crippen LogP contribution in [0.2, 0.25) is 0 Å². The summed E-state index contributed by atoms with van der Waals surface area (Å²) >= 11 is 0. The SMILES string of the molecule is Nc1cn[nH]c1-c1cccc(O)c1O. The lowest BCUT2D eigenvalue weighted by Crippen LogP contribution is -1.87. The van der Waals surface area contributed by atoms with Gasteiger partial charge in [-0.2, -0.15) is 5.10 Å². The first kappa shape index (κ1) is 8.43. The topological polar surface area (TPSA) is 95.2 Å². The Kier molecular flexibility index (Phi) is 1.78. The predicted octanol–water partition coefficient (Wildman–Crippen LogP) is 1.07. The molecule has 0 spiro atoms. The number of aromatic nitrogens is 2. The maximum absolute atomic E-state index is 9.54. The lowest BCUT2D eigenvalue weighted by molar-refractivity contribution is 0.405. The molecule has 14 heavy (non-hydrogen) atoms. The average molecular weight is 191 g/mol. The van der Waals surface area contributed by atoms with Gasteiger partial charge < -0.3 is 15.9 Å². The van der Waals surface area contributed by atoms with Gasteiger partial charge in [-0.1, -0.05) is 6.07 Å². The molecule has 0 radical (unpaired) electrons. The van der Waals surface area contributed by atoms with E-state index in [1.807, 2.05) is 0 Å². The summed E-state index contributed by atoms with van der Waals surface area (Å²) in [6.45, 7) is 0. The second kappa shape index (κ2) is 2.95. The van der Waals surface area contributed by atoms with E-state index in [0.29, 0.717) is 16.9 Å². The van der Waals surface area contributed by atoms with Crippen LogP contribution in [0.3, 0.4) is 0 Å². The molecule has 1 aromatic carbocycles. The van der Waals surface area contributed by atoms with Gasteiger partial charge in [0.15, 0.2) is 11.5 Å². The third-order valence-corrected chi connectivity index (χ3v) is 1.95. The molecule has 72 valence electrons. The Morgan fingerprint density at radius 2 is 2.07 bits per heavy atom. The van der Waals surface area contributed by atoms with Crippen molar-refractivity contribution in [3.8, 4) is 22.8 Å². The number of para-hydroxylation sites is 1. The maximum Gasteiger partial charge on any atom is 0.167 e. The van der Waals surface area contributed by atoms with E-state index in [1.54, 1.807) is 12.1 Å². The van der Waals surface area contributed by atoms with Gasteiger partial charge in [0.1, 0.15) is 0 Å². The van der Waals surface area contributed by atoms with Crippen LogP contribution in [0, 0.1) is 0 Å². The average Bonchev–Trinajstić information content (AvgIpc) is 2.57. The van der Waals surface area contributed by atoms with Crippen LogP contribution in [0.4, 0.5) is 5.69 Å². The lowest BCUT2D eigenvalue weighted by atomic mass is 10.1. The molecule has 5 heteroatoms. The Bertz CT molecular complexity index is 465. The Balaban J connectivity index is 2.63. The molecule has 0 aliphatic carbocycles. The summed E-state index contributed by atoms with van der Waals surface area (Å²) in [4.78, 5) is 0. The number of hydrogen-bond donors (Lipinski definition) is 4. The summed E-state index contributed by atoms with van der Waals surface area (Å²) in [5.41, 5.74) is 6.96. The van der Waals surface area contributed by atoms with Gasteiger partial charge in [-0.3, -0.25) is 5.10 Å². The number of nitrogens with two attached hydrogens (primary N) is 1. The zero-order valence-corrected chi connectivity index (χ0v) is 7.23. The number of aromatic amines is 1. The number of nitrogens with zero attached hydrogens (tertiary/aromatic N) is 1. The monoisotopic (exact) mass is 191 g/mol. The minimum atomic E-state index is -0.205. The molecule has 1 heterocycles. The number of benzene rings is 1. The van der Waals surface area contributed by atoms with Crippen LogP contribution in [-0.2, 0) is 0 Å². The number of nitrogen functional groups attached to an aromatic ring is 1. The summed E-state index contributed by atoms with van der Waals surface area (Å²) in [6.07, 6.45) is 1.44. The van der Waals surface area contributed by atoms with Gasteiger partial charge >= 0.3 is 0 Å². The van der Waals surface area contributed by atoms with E-state index >= 15 is 0 Å². The number of phenolic OH excluding ortho intramolecular Hbond substituents is 2. The number of H-pyrrole nitrogens is 1. The fourth-order valence-electron chi connectivity index (χ4n) is 1.24. The first-order chi connectivity index (χ1) is 6.70. The molecule has 0 amide bonds. The van der Waals surface area contributed by atoms with Crippen molar-refractivity contribution in [1.29, 1.82) is 0 Å². The maximum atomic E-state index is 9.54. The summed E-state index contributed by atoms with van der Waals surface area (Å²) in [5.74, 6) is -0.389. The molecule has 0 aliphatic rings. The van der Waals surface area contributed by atoms with Crippen molar-refractivity contribution in [3.05, 3.63) is 24.4 Å². The van der Waals surface area contributed by atoms with Gasteiger partial charge in [-0.25, -0.2) is 0 Å². The van der Waals surface area contributed by atoms with Gasteiger partial charge in [-0.05, 0) is 12.1 Å². The number of anilines is 1. The second-order valence-electron chi connectivity index (χ2n) is 2.87. The zero-order chi connectivity index (χ0) is 10.1. The Hall–Kier alpha value is -2.17. The first-order valence-electron chi connectivity index (χ1n) is 4.00. The Morgan fingerprint density at radius 3 is 2.71 bits per heavy atom. The molecule has 0 bridgehead atoms. The smallest absolute Gasteiger partial charge is 0.167 e. The van der Waals surface area contributed by atoms with Gasteiger partial charge in [0.2, 0.25) is 0 Å². The number of phenols is 2. The minimum absolute atomic E-state index is 0.184. The van der Waals surface area contributed by atoms with E-state index in [4.69, 9.17) is 5.73 Å². The minimum Gasteiger partial charge on any atom is -0.504 e. The van der Waals surface area contributed by atoms with E-state index in [9.17, 15) is 10.2 Å². The van der Waals surface area contributed by atoms with E-state index in [-0.39, 0.29) is 11.5 Å². The van der Waals surface area contributed by atoms with Crippen LogP contribution in [0.25, 0.3) is 11.3 Å². The molecule has 5 nitrogen and oxygen atoms in total. The van der Waals surface area contributed by atoms with Crippen LogP contribution >= 0.6 is 0 Å². The summed E-state index contributed by atoms with van der Waals surface area (Å²) in [5, 5.41) is 25.2. The summed E-state index contributed by atoms with van der Waals surface area (Å²) < 4.78 is 0. The van der Waals surface area contributed by atoms with Crippen molar-refractivity contribution in [1.82, 2.24) is 10.2 Å². The van der Waals surface area contributed by atoms with Crippen LogP contribution in [0.1, 0.15) is 0 Å². The van der Waals surface area contributed by atoms with Gasteiger partial charge in [0.05, 0.1) is 17.6 Å². The largest absolute Gasteiger partial charge is 0.504 e. The van der Waals surface area contributed by atoms with Crippen molar-refractivity contribution in [2.24, 2.45) is 0 Å². The van der Waals surface area contributed by atoms with Crippen molar-refractivity contribution in [2.45, 2.75) is 0 Å². The molecule has 2 rings (SSSR count). The van der Waals surface area contributed by atoms with Crippen LogP contribution in [-0.4, -0.2) is 20.4 Å². The highest BCUT2D eigenvalue weighted by Crippen LogP contribution is 2.36. The quantitative estimate of drug-likeness (QED) is 0.507. The fourth-order valence-corrected chi connectivity index (χ4v) is 1.24. The number of nitrogens with one attached hydrogen (secondary N) is 1.